The van der Waals surface area contributed by atoms with E-state index < -0.39 is 5.82 Å². The summed E-state index contributed by atoms with van der Waals surface area (Å²) < 4.78 is 15.3. The molecule has 0 radical (unpaired) electrons. The van der Waals surface area contributed by atoms with Crippen LogP contribution in [-0.4, -0.2) is 34.1 Å². The molecule has 3 rings (SSSR count). The van der Waals surface area contributed by atoms with Crippen LogP contribution in [0.15, 0.2) is 57.4 Å². The van der Waals surface area contributed by atoms with Gasteiger partial charge in [0.15, 0.2) is 5.84 Å². The second-order valence-corrected chi connectivity index (χ2v) is 7.25. The molecule has 0 atom stereocenters. The largest absolute Gasteiger partial charge is 0.404 e. The summed E-state index contributed by atoms with van der Waals surface area (Å²) in [6.45, 7) is 5.79. The molecule has 1 aromatic heterocycles. The van der Waals surface area contributed by atoms with E-state index in [0.717, 1.165) is 5.04 Å². The number of benzene rings is 1. The molecule has 2 heterocycles. The van der Waals surface area contributed by atoms with Gasteiger partial charge in [-0.2, -0.15) is 10.2 Å². The average molecular weight is 397 g/mol. The lowest BCUT2D eigenvalue weighted by atomic mass is 10.0. The van der Waals surface area contributed by atoms with Crippen molar-refractivity contribution < 1.29 is 4.39 Å². The fourth-order valence-corrected chi connectivity index (χ4v) is 3.53. The van der Waals surface area contributed by atoms with Crippen LogP contribution in [0.2, 0.25) is 0 Å². The second-order valence-electron chi connectivity index (χ2n) is 5.99. The fraction of sp³-hybridized carbons (Fsp3) is 0.158. The van der Waals surface area contributed by atoms with E-state index in [4.69, 9.17) is 11.6 Å². The van der Waals surface area contributed by atoms with Gasteiger partial charge in [-0.05, 0) is 24.6 Å². The molecule has 0 aliphatic carbocycles. The van der Waals surface area contributed by atoms with Gasteiger partial charge in [0.05, 0.1) is 15.6 Å². The van der Waals surface area contributed by atoms with E-state index >= 15 is 4.39 Å². The number of rotatable bonds is 4. The molecule has 0 fully saturated rings. The van der Waals surface area contributed by atoms with E-state index in [1.54, 1.807) is 37.7 Å². The normalized spacial score (nSPS) is 15.8. The van der Waals surface area contributed by atoms with E-state index in [9.17, 15) is 0 Å². The molecule has 1 aromatic carbocycles. The van der Waals surface area contributed by atoms with Crippen LogP contribution in [0.3, 0.4) is 0 Å². The first-order valence-electron chi connectivity index (χ1n) is 8.39. The molecule has 0 saturated carbocycles. The zero-order valence-corrected chi connectivity index (χ0v) is 16.4. The lowest BCUT2D eigenvalue weighted by molar-refractivity contribution is 0.578. The van der Waals surface area contributed by atoms with Crippen molar-refractivity contribution in [3.63, 3.8) is 0 Å². The minimum Gasteiger partial charge on any atom is -0.404 e. The van der Waals surface area contributed by atoms with E-state index in [2.05, 4.69) is 26.8 Å². The number of nitrogens with two attached hydrogens (primary N) is 2. The van der Waals surface area contributed by atoms with Gasteiger partial charge in [-0.25, -0.2) is 9.40 Å². The number of aromatic nitrogens is 1. The molecule has 144 valence electrons. The Bertz CT molecular complexity index is 1060. The molecule has 0 spiro atoms. The van der Waals surface area contributed by atoms with E-state index in [1.807, 2.05) is 6.92 Å². The van der Waals surface area contributed by atoms with E-state index in [-0.39, 0.29) is 6.42 Å². The van der Waals surface area contributed by atoms with Gasteiger partial charge in [-0.1, -0.05) is 24.4 Å². The number of hydrogen-bond donors (Lipinski definition) is 2. The highest BCUT2D eigenvalue weighted by molar-refractivity contribution is 8.17. The molecular formula is C19H20FN7S. The fourth-order valence-electron chi connectivity index (χ4n) is 2.83. The van der Waals surface area contributed by atoms with Gasteiger partial charge < -0.3 is 11.6 Å². The van der Waals surface area contributed by atoms with Crippen molar-refractivity contribution in [2.45, 2.75) is 13.3 Å². The van der Waals surface area contributed by atoms with Crippen molar-refractivity contribution in [2.75, 3.05) is 7.05 Å². The van der Waals surface area contributed by atoms with Crippen LogP contribution < -0.4 is 11.6 Å². The number of fused-ring (bicyclic) bond motifs is 1. The molecule has 2 aromatic rings. The zero-order chi connectivity index (χ0) is 20.3. The Labute approximate surface area is 166 Å². The average Bonchev–Trinajstić information content (AvgIpc) is 3.03. The zero-order valence-electron chi connectivity index (χ0n) is 15.6. The minimum absolute atomic E-state index is 0.162. The number of hydrogen-bond acceptors (Lipinski definition) is 7. The standard InChI is InChI=1S/C19H20FN7S/c1-11-26-27(12(2)28-11)18(25-22)7-13-4-5-17-16(19(13)20)6-14(10-24-17)15(8-21)9-23-3/h4-6,8-10H,2,7,21-22H2,1,3H3/b15-8?,23-9?,25-18-. The van der Waals surface area contributed by atoms with Crippen LogP contribution in [0.4, 0.5) is 4.39 Å². The lowest BCUT2D eigenvalue weighted by Gasteiger charge is -2.17. The van der Waals surface area contributed by atoms with Crippen molar-refractivity contribution >= 4 is 45.3 Å². The summed E-state index contributed by atoms with van der Waals surface area (Å²) in [6.07, 6.45) is 4.81. The number of amidine groups is 1. The van der Waals surface area contributed by atoms with Gasteiger partial charge in [0.1, 0.15) is 5.82 Å². The molecule has 0 amide bonds. The molecule has 1 aliphatic rings. The Morgan fingerprint density at radius 1 is 1.43 bits per heavy atom. The van der Waals surface area contributed by atoms with Crippen LogP contribution in [0.25, 0.3) is 16.5 Å². The smallest absolute Gasteiger partial charge is 0.155 e. The SMILES string of the molecule is C=C1SC(C)=NN1/C(Cc1ccc2ncc(C(C=NC)=CN)cc2c1F)=N\N. The van der Waals surface area contributed by atoms with Crippen molar-refractivity contribution in [2.24, 2.45) is 26.8 Å². The monoisotopic (exact) mass is 397 g/mol. The molecule has 0 bridgehead atoms. The summed E-state index contributed by atoms with van der Waals surface area (Å²) >= 11 is 1.41. The van der Waals surface area contributed by atoms with Gasteiger partial charge in [0.25, 0.3) is 0 Å². The van der Waals surface area contributed by atoms with Gasteiger partial charge in [-0.15, -0.1) is 0 Å². The maximum atomic E-state index is 15.3. The Hall–Kier alpha value is -3.20. The van der Waals surface area contributed by atoms with Crippen LogP contribution in [0, 0.1) is 5.82 Å². The Morgan fingerprint density at radius 2 is 2.21 bits per heavy atom. The summed E-state index contributed by atoms with van der Waals surface area (Å²) in [5.74, 6) is 5.55. The summed E-state index contributed by atoms with van der Waals surface area (Å²) in [4.78, 5) is 8.29. The molecular weight excluding hydrogens is 377 g/mol. The molecule has 7 nitrogen and oxygen atoms in total. The molecule has 0 saturated heterocycles. The van der Waals surface area contributed by atoms with Crippen molar-refractivity contribution in [1.82, 2.24) is 9.99 Å². The number of allylic oxidation sites excluding steroid dienone is 1. The topological polar surface area (TPSA) is 105 Å². The van der Waals surface area contributed by atoms with Crippen molar-refractivity contribution in [3.05, 3.63) is 59.1 Å². The molecule has 0 unspecified atom stereocenters. The number of thioether (sulfide) groups is 1. The van der Waals surface area contributed by atoms with Crippen LogP contribution in [0.5, 0.6) is 0 Å². The number of hydrazone groups is 2. The number of nitrogens with zero attached hydrogens (tertiary/aromatic N) is 5. The number of pyridine rings is 1. The quantitative estimate of drug-likeness (QED) is 0.357. The molecule has 28 heavy (non-hydrogen) atoms. The van der Waals surface area contributed by atoms with E-state index in [0.29, 0.717) is 38.5 Å². The maximum Gasteiger partial charge on any atom is 0.155 e. The maximum absolute atomic E-state index is 15.3. The summed E-state index contributed by atoms with van der Waals surface area (Å²) in [6, 6.07) is 5.13. The highest BCUT2D eigenvalue weighted by atomic mass is 32.2. The molecule has 4 N–H and O–H groups in total. The Kier molecular flexibility index (Phi) is 5.74. The number of aliphatic imine (C=N–C) groups is 1. The van der Waals surface area contributed by atoms with E-state index in [1.165, 1.54) is 23.0 Å². The predicted octanol–water partition coefficient (Wildman–Crippen LogP) is 3.04. The first kappa shape index (κ1) is 19.6. The van der Waals surface area contributed by atoms with Gasteiger partial charge in [0, 0.05) is 48.6 Å². The Balaban J connectivity index is 2.00. The predicted molar refractivity (Wildman–Crippen MR) is 115 cm³/mol. The van der Waals surface area contributed by atoms with Crippen LogP contribution in [-0.2, 0) is 6.42 Å². The summed E-state index contributed by atoms with van der Waals surface area (Å²) in [5, 5.41) is 11.5. The first-order chi connectivity index (χ1) is 13.5. The number of halogens is 1. The molecule has 9 heteroatoms. The van der Waals surface area contributed by atoms with Crippen LogP contribution in [0.1, 0.15) is 18.1 Å². The third-order valence-electron chi connectivity index (χ3n) is 4.15. The summed E-state index contributed by atoms with van der Waals surface area (Å²) in [5.41, 5.74) is 7.94. The third-order valence-corrected chi connectivity index (χ3v) is 4.93. The van der Waals surface area contributed by atoms with Crippen LogP contribution >= 0.6 is 11.8 Å². The Morgan fingerprint density at radius 3 is 2.82 bits per heavy atom. The third kappa shape index (κ3) is 3.74. The van der Waals surface area contributed by atoms with Crippen molar-refractivity contribution in [1.29, 1.82) is 0 Å². The first-order valence-corrected chi connectivity index (χ1v) is 9.20. The highest BCUT2D eigenvalue weighted by Crippen LogP contribution is 2.30. The van der Waals surface area contributed by atoms with Gasteiger partial charge in [0.2, 0.25) is 0 Å². The minimum atomic E-state index is -0.393. The highest BCUT2D eigenvalue weighted by Gasteiger charge is 2.23. The lowest BCUT2D eigenvalue weighted by Crippen LogP contribution is -2.25. The molecule has 1 aliphatic heterocycles. The van der Waals surface area contributed by atoms with Gasteiger partial charge >= 0.3 is 0 Å². The summed E-state index contributed by atoms with van der Waals surface area (Å²) in [7, 11) is 1.64. The van der Waals surface area contributed by atoms with Gasteiger partial charge in [-0.3, -0.25) is 9.98 Å². The van der Waals surface area contributed by atoms with Crippen molar-refractivity contribution in [3.8, 4) is 0 Å². The second kappa shape index (κ2) is 8.22.